The van der Waals surface area contributed by atoms with Crippen LogP contribution in [-0.4, -0.2) is 70.1 Å². The zero-order chi connectivity index (χ0) is 30.5. The van der Waals surface area contributed by atoms with E-state index in [0.717, 1.165) is 41.4 Å². The summed E-state index contributed by atoms with van der Waals surface area (Å²) in [6.45, 7) is 0.449. The molecule has 0 saturated carbocycles. The van der Waals surface area contributed by atoms with Gasteiger partial charge in [-0.05, 0) is 29.8 Å². The van der Waals surface area contributed by atoms with Crippen LogP contribution in [0.2, 0.25) is 0 Å². The number of ether oxygens (including phenoxy) is 2. The average Bonchev–Trinajstić information content (AvgIpc) is 3.76. The number of imidazole rings is 2. The number of hydrogen-bond acceptors (Lipinski definition) is 10. The zero-order valence-electron chi connectivity index (χ0n) is 23.4. The van der Waals surface area contributed by atoms with Crippen molar-refractivity contribution in [1.82, 2.24) is 30.2 Å². The van der Waals surface area contributed by atoms with Gasteiger partial charge in [-0.15, -0.1) is 22.7 Å². The van der Waals surface area contributed by atoms with Crippen LogP contribution in [0.5, 0.6) is 0 Å². The first-order valence-corrected chi connectivity index (χ1v) is 16.7. The number of carbonyl (C=O) groups is 4. The van der Waals surface area contributed by atoms with Crippen molar-refractivity contribution in [3.8, 4) is 21.0 Å². The van der Waals surface area contributed by atoms with Crippen molar-refractivity contribution in [2.24, 2.45) is 7.05 Å². The molecule has 224 valence electrons. The number of nitrogens with zero attached hydrogens (tertiary/aromatic N) is 3. The third-order valence-electron chi connectivity index (χ3n) is 6.34. The highest BCUT2D eigenvalue weighted by Gasteiger charge is 2.16. The van der Waals surface area contributed by atoms with Crippen LogP contribution in [0, 0.1) is 0 Å². The van der Waals surface area contributed by atoms with Crippen LogP contribution in [0.15, 0.2) is 36.5 Å². The highest BCUT2D eigenvalue weighted by atomic mass is 32.1. The number of amides is 2. The van der Waals surface area contributed by atoms with Gasteiger partial charge in [-0.1, -0.05) is 6.07 Å². The van der Waals surface area contributed by atoms with E-state index in [-0.39, 0.29) is 54.1 Å². The molecule has 16 heteroatoms. The van der Waals surface area contributed by atoms with Crippen LogP contribution in [0.3, 0.4) is 0 Å². The number of aromatic nitrogens is 4. The number of aryl methyl sites for hydroxylation is 1. The molecule has 3 N–H and O–H groups in total. The minimum atomic E-state index is -0.559. The van der Waals surface area contributed by atoms with Crippen LogP contribution >= 0.6 is 39.8 Å². The first-order chi connectivity index (χ1) is 20.7. The molecule has 0 bridgehead atoms. The Hall–Kier alpha value is -3.70. The van der Waals surface area contributed by atoms with E-state index in [9.17, 15) is 19.2 Å². The lowest BCUT2D eigenvalue weighted by Crippen LogP contribution is -2.25. The van der Waals surface area contributed by atoms with Gasteiger partial charge in [0.05, 0.1) is 42.0 Å². The minimum Gasteiger partial charge on any atom is -0.453 e. The molecular weight excluding hydrogens is 630 g/mol. The molecule has 12 nitrogen and oxygen atoms in total. The molecule has 0 aliphatic rings. The number of benzene rings is 1. The van der Waals surface area contributed by atoms with E-state index in [4.69, 9.17) is 0 Å². The van der Waals surface area contributed by atoms with Crippen LogP contribution in [0.4, 0.5) is 9.59 Å². The van der Waals surface area contributed by atoms with Gasteiger partial charge in [0.15, 0.2) is 11.0 Å². The number of alkyl carbamates (subject to hydrolysis) is 2. The molecule has 2 amide bonds. The molecular formula is C27H28N6O6P2S2. The second-order valence-corrected chi connectivity index (χ2v) is 13.9. The largest absolute Gasteiger partial charge is 0.453 e. The highest BCUT2D eigenvalue weighted by molar-refractivity contribution is 7.65. The van der Waals surface area contributed by atoms with Gasteiger partial charge in [0.1, 0.15) is 11.1 Å². The average molecular weight is 659 g/mol. The number of carbonyl (C=O) groups excluding carboxylic acids is 4. The summed E-state index contributed by atoms with van der Waals surface area (Å²) in [5, 5.41) is 5.02. The normalized spacial score (nSPS) is 11.7. The Morgan fingerprint density at radius 3 is 2.21 bits per heavy atom. The lowest BCUT2D eigenvalue weighted by atomic mass is 10.1. The molecule has 1 aromatic carbocycles. The SMILES string of the molecule is COC(=O)NCCC(=O)Pc1ncc(-c2cc3sc(-c4ccc5nc(PC(=O)CCNC(=O)OC)n(C)c5c4)cc3s2)[nH]1. The lowest BCUT2D eigenvalue weighted by Gasteiger charge is -2.04. The molecule has 0 saturated heterocycles. The fourth-order valence-electron chi connectivity index (χ4n) is 4.16. The van der Waals surface area contributed by atoms with E-state index in [1.165, 1.54) is 14.2 Å². The fourth-order valence-corrected chi connectivity index (χ4v) is 8.32. The topological polar surface area (TPSA) is 157 Å². The molecule has 0 aliphatic carbocycles. The predicted octanol–water partition coefficient (Wildman–Crippen LogP) is 4.06. The molecule has 2 atom stereocenters. The summed E-state index contributed by atoms with van der Waals surface area (Å²) in [5.74, 6) is 0. The summed E-state index contributed by atoms with van der Waals surface area (Å²) < 4.78 is 13.3. The van der Waals surface area contributed by atoms with Gasteiger partial charge in [-0.2, -0.15) is 0 Å². The van der Waals surface area contributed by atoms with Crippen LogP contribution in [0.1, 0.15) is 12.8 Å². The quantitative estimate of drug-likeness (QED) is 0.170. The van der Waals surface area contributed by atoms with E-state index in [1.54, 1.807) is 28.9 Å². The van der Waals surface area contributed by atoms with E-state index >= 15 is 0 Å². The van der Waals surface area contributed by atoms with Crippen molar-refractivity contribution >= 4 is 94.6 Å². The zero-order valence-corrected chi connectivity index (χ0v) is 27.0. The number of fused-ring (bicyclic) bond motifs is 2. The maximum Gasteiger partial charge on any atom is 0.406 e. The number of H-pyrrole nitrogens is 1. The van der Waals surface area contributed by atoms with Gasteiger partial charge in [-0.25, -0.2) is 19.6 Å². The molecule has 0 radical (unpaired) electrons. The molecule has 5 rings (SSSR count). The standard InChI is InChI=1S/C27H28N6O6P2S2/c1-33-17-10-14(4-5-15(17)32-25(33)41-23(35)7-9-29-27(37)39-3)18-11-20-21(42-18)12-19(43-20)16-13-30-24(31-16)40-22(34)6-8-28-26(36)38-2/h4-5,10-13,40-41H,6-9H2,1-3H3,(H,28,36)(H,29,37)(H,30,31). The number of aromatic amines is 1. The molecule has 0 aliphatic heterocycles. The van der Waals surface area contributed by atoms with Gasteiger partial charge in [0.2, 0.25) is 0 Å². The van der Waals surface area contributed by atoms with Crippen molar-refractivity contribution in [1.29, 1.82) is 0 Å². The smallest absolute Gasteiger partial charge is 0.406 e. The molecule has 43 heavy (non-hydrogen) atoms. The van der Waals surface area contributed by atoms with Gasteiger partial charge in [0.25, 0.3) is 0 Å². The summed E-state index contributed by atoms with van der Waals surface area (Å²) in [5.41, 5.74) is 5.01. The molecule has 4 aromatic heterocycles. The molecule has 0 spiro atoms. The third kappa shape index (κ3) is 7.45. The Kier molecular flexibility index (Phi) is 9.82. The minimum absolute atomic E-state index is 0.00775. The predicted molar refractivity (Wildman–Crippen MR) is 173 cm³/mol. The number of nitrogens with one attached hydrogen (secondary N) is 3. The number of thiophene rings is 2. The van der Waals surface area contributed by atoms with E-state index < -0.39 is 12.2 Å². The molecule has 0 fully saturated rings. The summed E-state index contributed by atoms with van der Waals surface area (Å²) in [4.78, 5) is 61.5. The Balaban J connectivity index is 1.24. The summed E-state index contributed by atoms with van der Waals surface area (Å²) in [7, 11) is 4.24. The van der Waals surface area contributed by atoms with E-state index in [1.807, 2.05) is 23.7 Å². The van der Waals surface area contributed by atoms with Gasteiger partial charge < -0.3 is 29.7 Å². The Morgan fingerprint density at radius 2 is 1.53 bits per heavy atom. The first kappa shape index (κ1) is 30.7. The Bertz CT molecular complexity index is 1800. The third-order valence-corrected chi connectivity index (χ3v) is 10.9. The number of rotatable bonds is 12. The lowest BCUT2D eigenvalue weighted by molar-refractivity contribution is -0.111. The highest BCUT2D eigenvalue weighted by Crippen LogP contribution is 2.41. The van der Waals surface area contributed by atoms with E-state index in [2.05, 4.69) is 53.3 Å². The van der Waals surface area contributed by atoms with Crippen molar-refractivity contribution in [3.63, 3.8) is 0 Å². The number of methoxy groups -OCH3 is 2. The monoisotopic (exact) mass is 658 g/mol. The maximum absolute atomic E-state index is 12.4. The fraction of sp³-hybridized carbons (Fsp3) is 0.259. The summed E-state index contributed by atoms with van der Waals surface area (Å²) >= 11 is 3.35. The molecule has 5 aromatic rings. The second-order valence-electron chi connectivity index (χ2n) is 9.23. The molecule has 4 heterocycles. The van der Waals surface area contributed by atoms with Crippen molar-refractivity contribution in [3.05, 3.63) is 36.5 Å². The number of hydrogen-bond donors (Lipinski definition) is 3. The van der Waals surface area contributed by atoms with Crippen LogP contribution in [0.25, 0.3) is 41.4 Å². The van der Waals surface area contributed by atoms with Crippen molar-refractivity contribution < 1.29 is 28.7 Å². The van der Waals surface area contributed by atoms with Gasteiger partial charge >= 0.3 is 12.2 Å². The van der Waals surface area contributed by atoms with E-state index in [0.29, 0.717) is 11.1 Å². The first-order valence-electron chi connectivity index (χ1n) is 13.0. The summed E-state index contributed by atoms with van der Waals surface area (Å²) in [6.07, 6.45) is 1.05. The maximum atomic E-state index is 12.4. The second kappa shape index (κ2) is 13.7. The van der Waals surface area contributed by atoms with Gasteiger partial charge in [0, 0.05) is 64.4 Å². The Morgan fingerprint density at radius 1 is 0.907 bits per heavy atom. The summed E-state index contributed by atoms with van der Waals surface area (Å²) in [6, 6.07) is 10.4. The van der Waals surface area contributed by atoms with Crippen molar-refractivity contribution in [2.75, 3.05) is 27.3 Å². The van der Waals surface area contributed by atoms with Gasteiger partial charge in [-0.3, -0.25) is 9.59 Å². The van der Waals surface area contributed by atoms with Crippen LogP contribution < -0.4 is 21.8 Å². The van der Waals surface area contributed by atoms with Crippen molar-refractivity contribution in [2.45, 2.75) is 12.8 Å². The molecule has 2 unspecified atom stereocenters. The van der Waals surface area contributed by atoms with Crippen LogP contribution in [-0.2, 0) is 26.1 Å². The Labute approximate surface area is 257 Å².